The molecule has 0 aromatic heterocycles. The number of rotatable bonds is 3. The number of aliphatic hydroxyl groups excluding tert-OH is 1. The SMILES string of the molecule is CN(C(=O)C1=C(O)CSC1=Nc1ccccc1C(F)(F)F)c1ccccc1. The van der Waals surface area contributed by atoms with Crippen LogP contribution in [0.5, 0.6) is 0 Å². The molecule has 0 saturated carbocycles. The second-order valence-corrected chi connectivity index (χ2v) is 6.71. The van der Waals surface area contributed by atoms with Gasteiger partial charge in [-0.2, -0.15) is 13.2 Å². The van der Waals surface area contributed by atoms with Gasteiger partial charge < -0.3 is 10.0 Å². The van der Waals surface area contributed by atoms with Crippen LogP contribution in [0.2, 0.25) is 0 Å². The number of carbonyl (C=O) groups is 1. The van der Waals surface area contributed by atoms with E-state index in [1.165, 1.54) is 30.1 Å². The normalized spacial score (nSPS) is 16.1. The summed E-state index contributed by atoms with van der Waals surface area (Å²) in [6, 6.07) is 13.6. The van der Waals surface area contributed by atoms with Crippen molar-refractivity contribution in [3.05, 3.63) is 71.5 Å². The second-order valence-electron chi connectivity index (χ2n) is 5.74. The van der Waals surface area contributed by atoms with E-state index in [-0.39, 0.29) is 27.8 Å². The van der Waals surface area contributed by atoms with Gasteiger partial charge in [0.25, 0.3) is 5.91 Å². The molecule has 0 atom stereocenters. The van der Waals surface area contributed by atoms with Gasteiger partial charge in [-0.05, 0) is 24.3 Å². The Hall–Kier alpha value is -2.74. The van der Waals surface area contributed by atoms with Crippen molar-refractivity contribution in [2.24, 2.45) is 4.99 Å². The number of hydrogen-bond donors (Lipinski definition) is 1. The minimum Gasteiger partial charge on any atom is -0.510 e. The molecule has 27 heavy (non-hydrogen) atoms. The van der Waals surface area contributed by atoms with Crippen LogP contribution in [-0.4, -0.2) is 28.9 Å². The maximum atomic E-state index is 13.2. The van der Waals surface area contributed by atoms with E-state index in [0.29, 0.717) is 5.69 Å². The molecule has 0 bridgehead atoms. The minimum absolute atomic E-state index is 0.0666. The van der Waals surface area contributed by atoms with Crippen LogP contribution in [0.25, 0.3) is 0 Å². The average Bonchev–Trinajstić information content (AvgIpc) is 3.01. The highest BCUT2D eigenvalue weighted by Gasteiger charge is 2.35. The lowest BCUT2D eigenvalue weighted by molar-refractivity contribution is -0.137. The number of thioether (sulfide) groups is 1. The fourth-order valence-electron chi connectivity index (χ4n) is 2.56. The molecule has 1 aliphatic rings. The molecular formula is C19H15F3N2O2S. The number of anilines is 1. The van der Waals surface area contributed by atoms with E-state index in [1.807, 2.05) is 0 Å². The smallest absolute Gasteiger partial charge is 0.418 e. The van der Waals surface area contributed by atoms with Crippen molar-refractivity contribution in [1.82, 2.24) is 0 Å². The molecule has 0 spiro atoms. The Bertz CT molecular complexity index is 924. The molecule has 0 aliphatic carbocycles. The molecule has 0 unspecified atom stereocenters. The number of likely N-dealkylation sites (N-methyl/N-ethyl adjacent to an activating group) is 1. The zero-order valence-electron chi connectivity index (χ0n) is 14.2. The predicted molar refractivity (Wildman–Crippen MR) is 101 cm³/mol. The third-order valence-electron chi connectivity index (χ3n) is 3.94. The van der Waals surface area contributed by atoms with Crippen LogP contribution >= 0.6 is 11.8 Å². The summed E-state index contributed by atoms with van der Waals surface area (Å²) >= 11 is 1.02. The summed E-state index contributed by atoms with van der Waals surface area (Å²) in [7, 11) is 1.53. The predicted octanol–water partition coefficient (Wildman–Crippen LogP) is 4.96. The number of carbonyl (C=O) groups excluding carboxylic acids is 1. The molecule has 8 heteroatoms. The van der Waals surface area contributed by atoms with Gasteiger partial charge >= 0.3 is 6.18 Å². The maximum absolute atomic E-state index is 13.2. The number of halogens is 3. The van der Waals surface area contributed by atoms with Gasteiger partial charge in [-0.1, -0.05) is 42.1 Å². The molecule has 1 aliphatic heterocycles. The Balaban J connectivity index is 1.99. The molecule has 1 amide bonds. The molecule has 140 valence electrons. The van der Waals surface area contributed by atoms with Crippen LogP contribution in [0.1, 0.15) is 5.56 Å². The summed E-state index contributed by atoms with van der Waals surface area (Å²) in [6.07, 6.45) is -4.57. The van der Waals surface area contributed by atoms with Crippen molar-refractivity contribution < 1.29 is 23.1 Å². The zero-order valence-corrected chi connectivity index (χ0v) is 15.0. The fourth-order valence-corrected chi connectivity index (χ4v) is 3.49. The number of nitrogens with zero attached hydrogens (tertiary/aromatic N) is 2. The molecule has 0 radical (unpaired) electrons. The van der Waals surface area contributed by atoms with E-state index >= 15 is 0 Å². The Morgan fingerprint density at radius 3 is 2.41 bits per heavy atom. The van der Waals surface area contributed by atoms with E-state index in [1.54, 1.807) is 30.3 Å². The van der Waals surface area contributed by atoms with Crippen molar-refractivity contribution in [3.63, 3.8) is 0 Å². The van der Waals surface area contributed by atoms with Crippen LogP contribution in [0, 0.1) is 0 Å². The summed E-state index contributed by atoms with van der Waals surface area (Å²) in [5, 5.41) is 10.2. The first-order chi connectivity index (χ1) is 12.8. The van der Waals surface area contributed by atoms with Gasteiger partial charge in [0, 0.05) is 12.7 Å². The fraction of sp³-hybridized carbons (Fsp3) is 0.158. The van der Waals surface area contributed by atoms with Gasteiger partial charge in [-0.25, -0.2) is 4.99 Å². The monoisotopic (exact) mass is 392 g/mol. The number of benzene rings is 2. The Kier molecular flexibility index (Phi) is 5.27. The van der Waals surface area contributed by atoms with Gasteiger partial charge in [0.05, 0.1) is 17.0 Å². The standard InChI is InChI=1S/C19H15F3N2O2S/c1-24(12-7-3-2-4-8-12)18(26)16-15(25)11-27-17(16)23-14-10-6-5-9-13(14)19(20,21)22/h2-10,25H,11H2,1H3. The molecule has 2 aromatic carbocycles. The Morgan fingerprint density at radius 2 is 1.74 bits per heavy atom. The largest absolute Gasteiger partial charge is 0.510 e. The van der Waals surface area contributed by atoms with E-state index in [0.717, 1.165) is 17.8 Å². The van der Waals surface area contributed by atoms with E-state index in [2.05, 4.69) is 4.99 Å². The summed E-state index contributed by atoms with van der Waals surface area (Å²) in [6.45, 7) is 0. The Labute approximate surface area is 158 Å². The maximum Gasteiger partial charge on any atom is 0.418 e. The van der Waals surface area contributed by atoms with Crippen molar-refractivity contribution in [3.8, 4) is 0 Å². The molecule has 3 rings (SSSR count). The van der Waals surface area contributed by atoms with Gasteiger partial charge in [0.1, 0.15) is 16.4 Å². The summed E-state index contributed by atoms with van der Waals surface area (Å²) in [5.74, 6) is -0.653. The number of amides is 1. The highest BCUT2D eigenvalue weighted by atomic mass is 32.2. The Morgan fingerprint density at radius 1 is 1.11 bits per heavy atom. The molecule has 0 saturated heterocycles. The van der Waals surface area contributed by atoms with Crippen LogP contribution in [0.3, 0.4) is 0 Å². The first-order valence-corrected chi connectivity index (χ1v) is 8.91. The lowest BCUT2D eigenvalue weighted by atomic mass is 10.1. The molecular weight excluding hydrogens is 377 g/mol. The van der Waals surface area contributed by atoms with Crippen LogP contribution in [0.15, 0.2) is 70.9 Å². The van der Waals surface area contributed by atoms with Crippen LogP contribution in [-0.2, 0) is 11.0 Å². The average molecular weight is 392 g/mol. The zero-order chi connectivity index (χ0) is 19.6. The second kappa shape index (κ2) is 7.48. The van der Waals surface area contributed by atoms with Crippen molar-refractivity contribution in [2.45, 2.75) is 6.18 Å². The molecule has 0 fully saturated rings. The lowest BCUT2D eigenvalue weighted by Gasteiger charge is -2.18. The van der Waals surface area contributed by atoms with Gasteiger partial charge in [-0.3, -0.25) is 4.79 Å². The number of aliphatic hydroxyl groups is 1. The number of aliphatic imine (C=N–C) groups is 1. The quantitative estimate of drug-likeness (QED) is 0.804. The first kappa shape index (κ1) is 19.0. The molecule has 2 aromatic rings. The molecule has 1 heterocycles. The summed E-state index contributed by atoms with van der Waals surface area (Å²) < 4.78 is 39.6. The van der Waals surface area contributed by atoms with Gasteiger partial charge in [0.2, 0.25) is 0 Å². The van der Waals surface area contributed by atoms with Crippen LogP contribution < -0.4 is 4.90 Å². The summed E-state index contributed by atoms with van der Waals surface area (Å²) in [4.78, 5) is 18.2. The van der Waals surface area contributed by atoms with Gasteiger partial charge in [0.15, 0.2) is 0 Å². The van der Waals surface area contributed by atoms with E-state index in [9.17, 15) is 23.1 Å². The third-order valence-corrected chi connectivity index (χ3v) is 4.93. The van der Waals surface area contributed by atoms with Crippen LogP contribution in [0.4, 0.5) is 24.5 Å². The van der Waals surface area contributed by atoms with Gasteiger partial charge in [-0.15, -0.1) is 0 Å². The van der Waals surface area contributed by atoms with E-state index < -0.39 is 17.6 Å². The van der Waals surface area contributed by atoms with Crippen molar-refractivity contribution in [1.29, 1.82) is 0 Å². The number of alkyl halides is 3. The number of hydrogen-bond acceptors (Lipinski definition) is 4. The third kappa shape index (κ3) is 4.00. The first-order valence-electron chi connectivity index (χ1n) is 7.92. The van der Waals surface area contributed by atoms with Crippen molar-refractivity contribution >= 4 is 34.1 Å². The topological polar surface area (TPSA) is 52.9 Å². The molecule has 1 N–H and O–H groups in total. The summed E-state index contributed by atoms with van der Waals surface area (Å²) in [5.41, 5.74) is -0.680. The highest BCUT2D eigenvalue weighted by molar-refractivity contribution is 8.15. The van der Waals surface area contributed by atoms with E-state index in [4.69, 9.17) is 0 Å². The van der Waals surface area contributed by atoms with Crippen molar-refractivity contribution in [2.75, 3.05) is 17.7 Å². The number of para-hydroxylation sites is 2. The minimum atomic E-state index is -4.57. The highest BCUT2D eigenvalue weighted by Crippen LogP contribution is 2.38. The lowest BCUT2D eigenvalue weighted by Crippen LogP contribution is -2.30. The molecule has 4 nitrogen and oxygen atoms in total.